The second kappa shape index (κ2) is 6.48. The zero-order valence-corrected chi connectivity index (χ0v) is 12.7. The predicted octanol–water partition coefficient (Wildman–Crippen LogP) is 2.71. The zero-order chi connectivity index (χ0) is 14.7. The van der Waals surface area contributed by atoms with Gasteiger partial charge < -0.3 is 9.64 Å². The van der Waals surface area contributed by atoms with Crippen LogP contribution in [-0.4, -0.2) is 31.0 Å². The molecule has 4 heteroatoms. The summed E-state index contributed by atoms with van der Waals surface area (Å²) in [5.74, 6) is 1.86. The first-order chi connectivity index (χ1) is 10.3. The average molecular weight is 288 g/mol. The lowest BCUT2D eigenvalue weighted by Gasteiger charge is -2.26. The second-order valence-electron chi connectivity index (χ2n) is 6.09. The van der Waals surface area contributed by atoms with Crippen LogP contribution in [0.15, 0.2) is 24.3 Å². The first-order valence-electron chi connectivity index (χ1n) is 7.95. The Kier molecular flexibility index (Phi) is 4.44. The number of rotatable bonds is 5. The standard InChI is InChI=1S/C17H24N2O2/c1-21-15-8-4-7-14(11-15)17-18-12-16(20)19(17)10-9-13-5-2-3-6-13/h4,7-8,11,13,17-18H,2-3,5-6,9-10,12H2,1H3. The monoisotopic (exact) mass is 288 g/mol. The molecule has 0 aromatic heterocycles. The molecule has 4 nitrogen and oxygen atoms in total. The van der Waals surface area contributed by atoms with Gasteiger partial charge >= 0.3 is 0 Å². The molecule has 1 amide bonds. The van der Waals surface area contributed by atoms with Gasteiger partial charge in [0.25, 0.3) is 0 Å². The highest BCUT2D eigenvalue weighted by atomic mass is 16.5. The molecule has 2 fully saturated rings. The van der Waals surface area contributed by atoms with Crippen molar-refractivity contribution >= 4 is 5.91 Å². The van der Waals surface area contributed by atoms with E-state index in [0.29, 0.717) is 6.54 Å². The third kappa shape index (κ3) is 3.21. The van der Waals surface area contributed by atoms with Gasteiger partial charge in [0.1, 0.15) is 11.9 Å². The highest BCUT2D eigenvalue weighted by molar-refractivity contribution is 5.81. The number of hydrogen-bond acceptors (Lipinski definition) is 3. The molecule has 1 heterocycles. The van der Waals surface area contributed by atoms with Gasteiger partial charge in [-0.2, -0.15) is 0 Å². The van der Waals surface area contributed by atoms with Crippen LogP contribution in [0, 0.1) is 5.92 Å². The van der Waals surface area contributed by atoms with Gasteiger partial charge in [-0.25, -0.2) is 0 Å². The summed E-state index contributed by atoms with van der Waals surface area (Å²) in [6.07, 6.45) is 6.51. The van der Waals surface area contributed by atoms with Crippen LogP contribution in [0.4, 0.5) is 0 Å². The van der Waals surface area contributed by atoms with Crippen LogP contribution in [0.1, 0.15) is 43.8 Å². The van der Waals surface area contributed by atoms with Crippen molar-refractivity contribution in [3.8, 4) is 5.75 Å². The molecule has 1 aromatic rings. The van der Waals surface area contributed by atoms with Gasteiger partial charge in [0.05, 0.1) is 13.7 Å². The minimum atomic E-state index is -0.00555. The highest BCUT2D eigenvalue weighted by Crippen LogP contribution is 2.30. The molecule has 1 N–H and O–H groups in total. The highest BCUT2D eigenvalue weighted by Gasteiger charge is 2.32. The molecule has 1 aliphatic carbocycles. The number of benzene rings is 1. The molecular formula is C17H24N2O2. The van der Waals surface area contributed by atoms with Crippen LogP contribution in [0.25, 0.3) is 0 Å². The molecule has 0 spiro atoms. The summed E-state index contributed by atoms with van der Waals surface area (Å²) in [6.45, 7) is 1.30. The molecule has 114 valence electrons. The van der Waals surface area contributed by atoms with Crippen molar-refractivity contribution in [1.82, 2.24) is 10.2 Å². The minimum Gasteiger partial charge on any atom is -0.497 e. The molecular weight excluding hydrogens is 264 g/mol. The van der Waals surface area contributed by atoms with E-state index in [9.17, 15) is 4.79 Å². The molecule has 3 rings (SSSR count). The molecule has 21 heavy (non-hydrogen) atoms. The fourth-order valence-electron chi connectivity index (χ4n) is 3.52. The van der Waals surface area contributed by atoms with Crippen molar-refractivity contribution in [2.75, 3.05) is 20.2 Å². The van der Waals surface area contributed by atoms with Gasteiger partial charge in [-0.15, -0.1) is 0 Å². The molecule has 0 radical (unpaired) electrons. The summed E-state index contributed by atoms with van der Waals surface area (Å²) in [5, 5.41) is 3.32. The topological polar surface area (TPSA) is 41.6 Å². The molecule has 1 saturated heterocycles. The summed E-state index contributed by atoms with van der Waals surface area (Å²) < 4.78 is 5.29. The fourth-order valence-corrected chi connectivity index (χ4v) is 3.52. The summed E-state index contributed by atoms with van der Waals surface area (Å²) in [4.78, 5) is 14.1. The van der Waals surface area contributed by atoms with Gasteiger partial charge in [-0.05, 0) is 30.0 Å². The number of amides is 1. The molecule has 0 bridgehead atoms. The van der Waals surface area contributed by atoms with E-state index in [1.54, 1.807) is 7.11 Å². The maximum atomic E-state index is 12.1. The van der Waals surface area contributed by atoms with Gasteiger partial charge in [-0.3, -0.25) is 10.1 Å². The number of carbonyl (C=O) groups excluding carboxylic acids is 1. The Morgan fingerprint density at radius 2 is 2.14 bits per heavy atom. The van der Waals surface area contributed by atoms with E-state index < -0.39 is 0 Å². The van der Waals surface area contributed by atoms with E-state index in [-0.39, 0.29) is 12.1 Å². The van der Waals surface area contributed by atoms with E-state index in [1.807, 2.05) is 23.1 Å². The van der Waals surface area contributed by atoms with Crippen molar-refractivity contribution in [3.05, 3.63) is 29.8 Å². The van der Waals surface area contributed by atoms with Crippen LogP contribution >= 0.6 is 0 Å². The van der Waals surface area contributed by atoms with Crippen LogP contribution in [-0.2, 0) is 4.79 Å². The number of hydrogen-bond donors (Lipinski definition) is 1. The van der Waals surface area contributed by atoms with E-state index in [2.05, 4.69) is 11.4 Å². The van der Waals surface area contributed by atoms with Crippen LogP contribution < -0.4 is 10.1 Å². The largest absolute Gasteiger partial charge is 0.497 e. The van der Waals surface area contributed by atoms with E-state index in [0.717, 1.165) is 30.2 Å². The Labute approximate surface area is 126 Å². The normalized spacial score (nSPS) is 23.0. The quantitative estimate of drug-likeness (QED) is 0.906. The van der Waals surface area contributed by atoms with Gasteiger partial charge in [-0.1, -0.05) is 37.8 Å². The summed E-state index contributed by atoms with van der Waals surface area (Å²) in [6, 6.07) is 7.98. The third-order valence-corrected chi connectivity index (χ3v) is 4.74. The number of nitrogens with one attached hydrogen (secondary N) is 1. The van der Waals surface area contributed by atoms with Crippen molar-refractivity contribution in [1.29, 1.82) is 0 Å². The lowest BCUT2D eigenvalue weighted by molar-refractivity contribution is -0.128. The third-order valence-electron chi connectivity index (χ3n) is 4.74. The molecule has 1 unspecified atom stereocenters. The number of carbonyl (C=O) groups is 1. The molecule has 1 atom stereocenters. The molecule has 1 aromatic carbocycles. The van der Waals surface area contributed by atoms with Gasteiger partial charge in [0.15, 0.2) is 0 Å². The summed E-state index contributed by atoms with van der Waals surface area (Å²) in [5.41, 5.74) is 1.10. The zero-order valence-electron chi connectivity index (χ0n) is 12.7. The van der Waals surface area contributed by atoms with Crippen molar-refractivity contribution < 1.29 is 9.53 Å². The SMILES string of the molecule is COc1cccc(C2NCC(=O)N2CCC2CCCC2)c1. The summed E-state index contributed by atoms with van der Waals surface area (Å²) in [7, 11) is 1.67. The van der Waals surface area contributed by atoms with Gasteiger partial charge in [0, 0.05) is 6.54 Å². The molecule has 1 aliphatic heterocycles. The Hall–Kier alpha value is -1.55. The first kappa shape index (κ1) is 14.4. The molecule has 1 saturated carbocycles. The Bertz CT molecular complexity index is 497. The van der Waals surface area contributed by atoms with E-state index in [1.165, 1.54) is 25.7 Å². The number of methoxy groups -OCH3 is 1. The smallest absolute Gasteiger partial charge is 0.238 e. The summed E-state index contributed by atoms with van der Waals surface area (Å²) >= 11 is 0. The van der Waals surface area contributed by atoms with E-state index in [4.69, 9.17) is 4.74 Å². The average Bonchev–Trinajstić information content (AvgIpc) is 3.15. The predicted molar refractivity (Wildman–Crippen MR) is 82.0 cm³/mol. The Balaban J connectivity index is 1.68. The van der Waals surface area contributed by atoms with Crippen molar-refractivity contribution in [2.45, 2.75) is 38.3 Å². The Morgan fingerprint density at radius 1 is 1.33 bits per heavy atom. The van der Waals surface area contributed by atoms with Crippen LogP contribution in [0.5, 0.6) is 5.75 Å². The molecule has 2 aliphatic rings. The van der Waals surface area contributed by atoms with Crippen molar-refractivity contribution in [2.24, 2.45) is 5.92 Å². The van der Waals surface area contributed by atoms with Crippen LogP contribution in [0.3, 0.4) is 0 Å². The number of nitrogens with zero attached hydrogens (tertiary/aromatic N) is 1. The van der Waals surface area contributed by atoms with Crippen LogP contribution in [0.2, 0.25) is 0 Å². The Morgan fingerprint density at radius 3 is 2.90 bits per heavy atom. The van der Waals surface area contributed by atoms with Crippen molar-refractivity contribution in [3.63, 3.8) is 0 Å². The maximum Gasteiger partial charge on any atom is 0.238 e. The first-order valence-corrected chi connectivity index (χ1v) is 7.95. The minimum absolute atomic E-state index is 0.00555. The lowest BCUT2D eigenvalue weighted by Crippen LogP contribution is -2.32. The van der Waals surface area contributed by atoms with E-state index >= 15 is 0 Å². The lowest BCUT2D eigenvalue weighted by atomic mass is 10.0. The maximum absolute atomic E-state index is 12.1. The van der Waals surface area contributed by atoms with Gasteiger partial charge in [0.2, 0.25) is 5.91 Å². The second-order valence-corrected chi connectivity index (χ2v) is 6.09. The number of ether oxygens (including phenoxy) is 1. The fraction of sp³-hybridized carbons (Fsp3) is 0.588.